The van der Waals surface area contributed by atoms with Crippen LogP contribution in [0.3, 0.4) is 0 Å². The van der Waals surface area contributed by atoms with Gasteiger partial charge in [-0.1, -0.05) is 36.4 Å². The van der Waals surface area contributed by atoms with Crippen LogP contribution in [0.25, 0.3) is 16.3 Å². The number of nitrogens with one attached hydrogen (secondary N) is 1. The summed E-state index contributed by atoms with van der Waals surface area (Å²) in [5.41, 5.74) is 6.85. The van der Waals surface area contributed by atoms with Crippen molar-refractivity contribution in [1.82, 2.24) is 19.3 Å². The molecule has 0 amide bonds. The second-order valence-electron chi connectivity index (χ2n) is 7.61. The summed E-state index contributed by atoms with van der Waals surface area (Å²) in [5, 5.41) is 26.6. The molecule has 10 nitrogen and oxygen atoms in total. The molecule has 1 aliphatic rings. The highest BCUT2D eigenvalue weighted by Crippen LogP contribution is 2.34. The molecule has 2 aromatic heterocycles. The van der Waals surface area contributed by atoms with Gasteiger partial charge in [-0.25, -0.2) is 22.6 Å². The SMILES string of the molecule is Nc1ncnn2c([C@@H]3O[C@H](CNS(=O)(=O)c4cccc5ccccc45)[C@@H](O)[C@H]3O)ccc12. The maximum absolute atomic E-state index is 13.0. The van der Waals surface area contributed by atoms with Crippen molar-refractivity contribution in [2.75, 3.05) is 12.3 Å². The number of ether oxygens (including phenoxy) is 1. The Morgan fingerprint density at radius 1 is 1.06 bits per heavy atom. The highest BCUT2D eigenvalue weighted by atomic mass is 32.2. The van der Waals surface area contributed by atoms with E-state index < -0.39 is 34.4 Å². The molecule has 0 radical (unpaired) electrons. The number of aromatic nitrogens is 3. The summed E-state index contributed by atoms with van der Waals surface area (Å²) >= 11 is 0. The second-order valence-corrected chi connectivity index (χ2v) is 9.34. The molecule has 3 heterocycles. The Labute approximate surface area is 183 Å². The van der Waals surface area contributed by atoms with Gasteiger partial charge in [0.05, 0.1) is 10.6 Å². The van der Waals surface area contributed by atoms with E-state index in [9.17, 15) is 18.6 Å². The first-order valence-electron chi connectivity index (χ1n) is 9.94. The Hall–Kier alpha value is -3.09. The average Bonchev–Trinajstić information content (AvgIpc) is 3.34. The number of fused-ring (bicyclic) bond motifs is 2. The van der Waals surface area contributed by atoms with E-state index >= 15 is 0 Å². The number of nitrogen functional groups attached to an aromatic ring is 1. The van der Waals surface area contributed by atoms with Gasteiger partial charge >= 0.3 is 0 Å². The lowest BCUT2D eigenvalue weighted by Gasteiger charge is -2.16. The van der Waals surface area contributed by atoms with Gasteiger partial charge < -0.3 is 20.7 Å². The van der Waals surface area contributed by atoms with E-state index in [4.69, 9.17) is 10.5 Å². The van der Waals surface area contributed by atoms with E-state index in [1.807, 2.05) is 18.2 Å². The van der Waals surface area contributed by atoms with Crippen LogP contribution in [-0.2, 0) is 14.8 Å². The maximum atomic E-state index is 13.0. The van der Waals surface area contributed by atoms with Crippen LogP contribution in [0.1, 0.15) is 11.8 Å². The third-order valence-electron chi connectivity index (χ3n) is 5.68. The van der Waals surface area contributed by atoms with E-state index in [0.29, 0.717) is 16.6 Å². The highest BCUT2D eigenvalue weighted by Gasteiger charge is 2.45. The summed E-state index contributed by atoms with van der Waals surface area (Å²) in [6.45, 7) is -0.222. The van der Waals surface area contributed by atoms with E-state index in [1.165, 1.54) is 16.9 Å². The van der Waals surface area contributed by atoms with Crippen molar-refractivity contribution in [2.24, 2.45) is 0 Å². The van der Waals surface area contributed by atoms with Crippen LogP contribution in [0.15, 0.2) is 65.8 Å². The molecule has 1 fully saturated rings. The molecule has 0 unspecified atom stereocenters. The number of benzene rings is 2. The van der Waals surface area contributed by atoms with Crippen LogP contribution in [0.4, 0.5) is 5.82 Å². The molecule has 0 saturated carbocycles. The molecule has 0 spiro atoms. The molecule has 4 aromatic rings. The fourth-order valence-corrected chi connectivity index (χ4v) is 5.32. The minimum Gasteiger partial charge on any atom is -0.388 e. The number of sulfonamides is 1. The molecule has 0 bridgehead atoms. The Kier molecular flexibility index (Phi) is 5.07. The van der Waals surface area contributed by atoms with Crippen LogP contribution in [0.5, 0.6) is 0 Å². The van der Waals surface area contributed by atoms with Gasteiger partial charge in [-0.2, -0.15) is 5.10 Å². The molecule has 2 aromatic carbocycles. The number of aliphatic hydroxyl groups excluding tert-OH is 2. The Morgan fingerprint density at radius 2 is 1.84 bits per heavy atom. The molecule has 1 aliphatic heterocycles. The lowest BCUT2D eigenvalue weighted by Crippen LogP contribution is -2.39. The number of anilines is 1. The molecule has 0 aliphatic carbocycles. The van der Waals surface area contributed by atoms with Crippen molar-refractivity contribution in [2.45, 2.75) is 29.3 Å². The topological polar surface area (TPSA) is 152 Å². The number of rotatable bonds is 5. The van der Waals surface area contributed by atoms with Gasteiger partial charge in [-0.15, -0.1) is 0 Å². The average molecular weight is 455 g/mol. The van der Waals surface area contributed by atoms with E-state index in [2.05, 4.69) is 14.8 Å². The van der Waals surface area contributed by atoms with Gasteiger partial charge in [0.1, 0.15) is 36.3 Å². The molecular weight excluding hydrogens is 434 g/mol. The summed E-state index contributed by atoms with van der Waals surface area (Å²) < 4.78 is 35.8. The lowest BCUT2D eigenvalue weighted by atomic mass is 10.1. The predicted molar refractivity (Wildman–Crippen MR) is 116 cm³/mol. The predicted octanol–water partition coefficient (Wildman–Crippen LogP) is 0.605. The Balaban J connectivity index is 1.37. The Morgan fingerprint density at radius 3 is 2.69 bits per heavy atom. The third-order valence-corrected chi connectivity index (χ3v) is 7.16. The molecule has 5 N–H and O–H groups in total. The number of hydrogen-bond acceptors (Lipinski definition) is 8. The van der Waals surface area contributed by atoms with E-state index in [1.54, 1.807) is 30.3 Å². The fourth-order valence-electron chi connectivity index (χ4n) is 4.05. The first-order chi connectivity index (χ1) is 15.4. The number of hydrogen-bond donors (Lipinski definition) is 4. The molecule has 11 heteroatoms. The van der Waals surface area contributed by atoms with Gasteiger partial charge in [-0.3, -0.25) is 0 Å². The zero-order valence-electron chi connectivity index (χ0n) is 16.7. The zero-order chi connectivity index (χ0) is 22.5. The van der Waals surface area contributed by atoms with Crippen molar-refractivity contribution >= 4 is 32.1 Å². The van der Waals surface area contributed by atoms with Crippen molar-refractivity contribution in [3.05, 3.63) is 66.6 Å². The highest BCUT2D eigenvalue weighted by molar-refractivity contribution is 7.89. The van der Waals surface area contributed by atoms with Crippen molar-refractivity contribution in [3.63, 3.8) is 0 Å². The monoisotopic (exact) mass is 455 g/mol. The summed E-state index contributed by atoms with van der Waals surface area (Å²) in [5.74, 6) is 0.263. The molecule has 5 rings (SSSR count). The van der Waals surface area contributed by atoms with Gasteiger partial charge in [0.2, 0.25) is 10.0 Å². The summed E-state index contributed by atoms with van der Waals surface area (Å²) in [6, 6.07) is 15.5. The minimum atomic E-state index is -3.89. The van der Waals surface area contributed by atoms with E-state index in [-0.39, 0.29) is 17.3 Å². The third kappa shape index (κ3) is 3.40. The van der Waals surface area contributed by atoms with Crippen LogP contribution < -0.4 is 10.5 Å². The zero-order valence-corrected chi connectivity index (χ0v) is 17.6. The Bertz CT molecular complexity index is 1400. The van der Waals surface area contributed by atoms with Crippen LogP contribution in [0.2, 0.25) is 0 Å². The fraction of sp³-hybridized carbons (Fsp3) is 0.238. The van der Waals surface area contributed by atoms with Crippen molar-refractivity contribution in [3.8, 4) is 0 Å². The maximum Gasteiger partial charge on any atom is 0.241 e. The van der Waals surface area contributed by atoms with Crippen LogP contribution in [-0.4, -0.2) is 58.1 Å². The number of aliphatic hydroxyl groups is 2. The molecule has 4 atom stereocenters. The summed E-state index contributed by atoms with van der Waals surface area (Å²) in [4.78, 5) is 4.05. The number of nitrogens with two attached hydrogens (primary N) is 1. The van der Waals surface area contributed by atoms with Crippen molar-refractivity contribution < 1.29 is 23.4 Å². The van der Waals surface area contributed by atoms with Crippen molar-refractivity contribution in [1.29, 1.82) is 0 Å². The minimum absolute atomic E-state index is 0.130. The molecule has 32 heavy (non-hydrogen) atoms. The van der Waals surface area contributed by atoms with Gasteiger partial charge in [0, 0.05) is 11.9 Å². The first kappa shape index (κ1) is 20.8. The second kappa shape index (κ2) is 7.80. The van der Waals surface area contributed by atoms with Crippen LogP contribution in [0, 0.1) is 0 Å². The normalized spacial score (nSPS) is 23.8. The van der Waals surface area contributed by atoms with Gasteiger partial charge in [-0.05, 0) is 23.6 Å². The molecular formula is C21H21N5O5S. The van der Waals surface area contributed by atoms with Gasteiger partial charge in [0.25, 0.3) is 0 Å². The van der Waals surface area contributed by atoms with Gasteiger partial charge in [0.15, 0.2) is 5.82 Å². The number of nitrogens with zero attached hydrogens (tertiary/aromatic N) is 3. The lowest BCUT2D eigenvalue weighted by molar-refractivity contribution is 0.00680. The molecule has 166 valence electrons. The largest absolute Gasteiger partial charge is 0.388 e. The smallest absolute Gasteiger partial charge is 0.241 e. The quantitative estimate of drug-likeness (QED) is 0.341. The van der Waals surface area contributed by atoms with E-state index in [0.717, 1.165) is 5.39 Å². The standard InChI is InChI=1S/C21H21N5O5S/c22-21-15-9-8-14(26(15)24-11-23-21)20-19(28)18(27)16(31-20)10-25-32(29,30)17-7-3-5-12-4-1-2-6-13(12)17/h1-9,11,16,18-20,25,27-28H,10H2,(H2,22,23,24)/t16-,18-,19-,20+/m1/s1. The molecule has 1 saturated heterocycles. The first-order valence-corrected chi connectivity index (χ1v) is 11.4. The van der Waals surface area contributed by atoms with Crippen LogP contribution >= 0.6 is 0 Å². The summed E-state index contributed by atoms with van der Waals surface area (Å²) in [7, 11) is -3.89. The summed E-state index contributed by atoms with van der Waals surface area (Å²) in [6.07, 6.45) is -3.20.